The Kier molecular flexibility index (Phi) is 2.91. The van der Waals surface area contributed by atoms with Crippen molar-refractivity contribution in [2.75, 3.05) is 0 Å². The molecule has 126 valence electrons. The van der Waals surface area contributed by atoms with Crippen LogP contribution in [0.1, 0.15) is 46.0 Å². The van der Waals surface area contributed by atoms with Gasteiger partial charge in [-0.15, -0.1) is 0 Å². The van der Waals surface area contributed by atoms with E-state index in [0.717, 1.165) is 5.57 Å². The summed E-state index contributed by atoms with van der Waals surface area (Å²) in [5, 5.41) is 20.5. The van der Waals surface area contributed by atoms with Gasteiger partial charge in [-0.2, -0.15) is 0 Å². The van der Waals surface area contributed by atoms with Crippen LogP contribution in [0.2, 0.25) is 0 Å². The highest BCUT2D eigenvalue weighted by Gasteiger charge is 2.67. The van der Waals surface area contributed by atoms with Crippen molar-refractivity contribution in [2.45, 2.75) is 57.8 Å². The van der Waals surface area contributed by atoms with E-state index < -0.39 is 17.3 Å². The highest BCUT2D eigenvalue weighted by molar-refractivity contribution is 5.48. The Balaban J connectivity index is 1.85. The van der Waals surface area contributed by atoms with E-state index in [9.17, 15) is 14.6 Å². The first-order valence-corrected chi connectivity index (χ1v) is 8.57. The van der Waals surface area contributed by atoms with E-state index in [-0.39, 0.29) is 28.8 Å². The molecule has 0 unspecified atom stereocenters. The van der Waals surface area contributed by atoms with Crippen molar-refractivity contribution in [1.29, 1.82) is 0 Å². The third-order valence-electron chi connectivity index (χ3n) is 7.36. The predicted molar refractivity (Wildman–Crippen MR) is 84.5 cm³/mol. The minimum Gasteiger partial charge on any atom is -0.507 e. The summed E-state index contributed by atoms with van der Waals surface area (Å²) in [4.78, 5) is 0. The summed E-state index contributed by atoms with van der Waals surface area (Å²) in [6, 6.07) is 0. The quantitative estimate of drug-likeness (QED) is 0.652. The van der Waals surface area contributed by atoms with Crippen LogP contribution in [0.4, 0.5) is 8.78 Å². The number of hydrogen-bond acceptors (Lipinski definition) is 2. The number of aliphatic hydroxyl groups is 2. The molecule has 2 N–H and O–H groups in total. The second kappa shape index (κ2) is 4.40. The minimum absolute atomic E-state index is 0.00766. The molecular formula is C19H24F2O2. The monoisotopic (exact) mass is 322 g/mol. The molecule has 4 heteroatoms. The van der Waals surface area contributed by atoms with Crippen LogP contribution in [0.5, 0.6) is 0 Å². The lowest BCUT2D eigenvalue weighted by Gasteiger charge is -2.58. The number of fused-ring (bicyclic) bond motifs is 5. The first-order valence-electron chi connectivity index (χ1n) is 8.57. The average molecular weight is 322 g/mol. The third kappa shape index (κ3) is 1.67. The van der Waals surface area contributed by atoms with Gasteiger partial charge in [0.1, 0.15) is 17.6 Å². The van der Waals surface area contributed by atoms with Gasteiger partial charge in [0.2, 0.25) is 0 Å². The van der Waals surface area contributed by atoms with Crippen LogP contribution in [-0.4, -0.2) is 22.1 Å². The van der Waals surface area contributed by atoms with Crippen LogP contribution in [0, 0.1) is 22.7 Å². The van der Waals surface area contributed by atoms with Crippen molar-refractivity contribution in [3.8, 4) is 0 Å². The predicted octanol–water partition coefficient (Wildman–Crippen LogP) is 5.09. The molecule has 0 saturated heterocycles. The molecule has 2 fully saturated rings. The molecule has 4 rings (SSSR count). The highest BCUT2D eigenvalue weighted by atomic mass is 19.1. The second-order valence-electron chi connectivity index (χ2n) is 8.35. The van der Waals surface area contributed by atoms with E-state index >= 15 is 4.39 Å². The van der Waals surface area contributed by atoms with Crippen molar-refractivity contribution in [3.05, 3.63) is 35.3 Å². The van der Waals surface area contributed by atoms with Gasteiger partial charge in [0.25, 0.3) is 0 Å². The Morgan fingerprint density at radius 3 is 2.61 bits per heavy atom. The Labute approximate surface area is 135 Å². The van der Waals surface area contributed by atoms with Crippen LogP contribution < -0.4 is 0 Å². The molecule has 0 aromatic carbocycles. The number of halogens is 2. The van der Waals surface area contributed by atoms with Crippen molar-refractivity contribution in [2.24, 2.45) is 22.7 Å². The molecule has 0 heterocycles. The molecule has 6 atom stereocenters. The molecule has 0 radical (unpaired) electrons. The topological polar surface area (TPSA) is 40.5 Å². The number of alkyl halides is 2. The summed E-state index contributed by atoms with van der Waals surface area (Å²) < 4.78 is 30.5. The molecule has 0 aliphatic heterocycles. The maximum atomic E-state index is 16.4. The van der Waals surface area contributed by atoms with Gasteiger partial charge in [-0.05, 0) is 62.0 Å². The summed E-state index contributed by atoms with van der Waals surface area (Å²) in [6.07, 6.45) is 6.69. The van der Waals surface area contributed by atoms with Gasteiger partial charge in [-0.3, -0.25) is 0 Å². The number of rotatable bonds is 0. The van der Waals surface area contributed by atoms with Gasteiger partial charge >= 0.3 is 0 Å². The first-order chi connectivity index (χ1) is 10.7. The smallest absolute Gasteiger partial charge is 0.154 e. The zero-order valence-corrected chi connectivity index (χ0v) is 13.6. The molecule has 0 aromatic heterocycles. The fraction of sp³-hybridized carbons (Fsp3) is 0.684. The standard InChI is InChI=1S/C19H24F2O2/c1-17-7-8-19(21)13(14(17)9-12(20)10-17)5-3-11-4-6-15(22)16(23)18(11,19)2/h3-4,6,12-14,22-23H,5,7-10H2,1-2H3/t12-,13+,14+,17-,18-,19+/m1/s1. The summed E-state index contributed by atoms with van der Waals surface area (Å²) >= 11 is 0. The molecule has 0 spiro atoms. The molecular weight excluding hydrogens is 298 g/mol. The van der Waals surface area contributed by atoms with Gasteiger partial charge in [0, 0.05) is 5.92 Å². The summed E-state index contributed by atoms with van der Waals surface area (Å²) in [7, 11) is 0. The number of allylic oxidation sites excluding steroid dienone is 4. The zero-order valence-electron chi connectivity index (χ0n) is 13.6. The lowest BCUT2D eigenvalue weighted by molar-refractivity contribution is -0.119. The Morgan fingerprint density at radius 1 is 1.13 bits per heavy atom. The summed E-state index contributed by atoms with van der Waals surface area (Å²) in [5.74, 6) is -0.855. The fourth-order valence-corrected chi connectivity index (χ4v) is 5.95. The van der Waals surface area contributed by atoms with E-state index in [2.05, 4.69) is 6.92 Å². The SMILES string of the molecule is C[C@]12CC[C@]3(F)[C@@H](CC=C4C=CC(O)=C(O)[C@@]43C)[C@@H]1C[C@@H](F)C2. The van der Waals surface area contributed by atoms with Crippen LogP contribution in [0.25, 0.3) is 0 Å². The minimum atomic E-state index is -1.64. The fourth-order valence-electron chi connectivity index (χ4n) is 5.95. The maximum Gasteiger partial charge on any atom is 0.154 e. The van der Waals surface area contributed by atoms with Crippen LogP contribution in [-0.2, 0) is 0 Å². The Bertz CT molecular complexity index is 652. The molecule has 4 aliphatic rings. The van der Waals surface area contributed by atoms with Gasteiger partial charge in [-0.25, -0.2) is 8.78 Å². The first kappa shape index (κ1) is 15.2. The van der Waals surface area contributed by atoms with Crippen LogP contribution in [0.15, 0.2) is 35.3 Å². The van der Waals surface area contributed by atoms with Crippen molar-refractivity contribution in [3.63, 3.8) is 0 Å². The average Bonchev–Trinajstić information content (AvgIpc) is 2.80. The normalized spacial score (nSPS) is 51.8. The van der Waals surface area contributed by atoms with Crippen molar-refractivity contribution >= 4 is 0 Å². The van der Waals surface area contributed by atoms with E-state index in [4.69, 9.17) is 0 Å². The zero-order chi connectivity index (χ0) is 16.6. The van der Waals surface area contributed by atoms with Crippen LogP contribution >= 0.6 is 0 Å². The van der Waals surface area contributed by atoms with E-state index in [1.165, 1.54) is 6.08 Å². The van der Waals surface area contributed by atoms with E-state index in [1.54, 1.807) is 13.0 Å². The molecule has 0 aromatic rings. The van der Waals surface area contributed by atoms with Gasteiger partial charge in [0.15, 0.2) is 5.76 Å². The van der Waals surface area contributed by atoms with Crippen LogP contribution in [0.3, 0.4) is 0 Å². The molecule has 2 saturated carbocycles. The molecule has 2 nitrogen and oxygen atoms in total. The van der Waals surface area contributed by atoms with Gasteiger partial charge in [0.05, 0.1) is 5.41 Å². The number of aliphatic hydroxyl groups excluding tert-OH is 2. The molecule has 0 amide bonds. The lowest BCUT2D eigenvalue weighted by atomic mass is 9.47. The maximum absolute atomic E-state index is 16.4. The van der Waals surface area contributed by atoms with Crippen molar-refractivity contribution < 1.29 is 19.0 Å². The number of hydrogen-bond donors (Lipinski definition) is 2. The highest BCUT2D eigenvalue weighted by Crippen LogP contribution is 2.68. The largest absolute Gasteiger partial charge is 0.507 e. The Hall–Kier alpha value is -1.32. The Morgan fingerprint density at radius 2 is 1.87 bits per heavy atom. The van der Waals surface area contributed by atoms with E-state index in [1.807, 2.05) is 6.08 Å². The molecule has 23 heavy (non-hydrogen) atoms. The second-order valence-corrected chi connectivity index (χ2v) is 8.35. The van der Waals surface area contributed by atoms with Crippen molar-refractivity contribution in [1.82, 2.24) is 0 Å². The van der Waals surface area contributed by atoms with Gasteiger partial charge in [-0.1, -0.05) is 19.1 Å². The summed E-state index contributed by atoms with van der Waals surface area (Å²) in [6.45, 7) is 3.77. The third-order valence-corrected chi connectivity index (χ3v) is 7.36. The van der Waals surface area contributed by atoms with E-state index in [0.29, 0.717) is 32.1 Å². The van der Waals surface area contributed by atoms with Gasteiger partial charge < -0.3 is 10.2 Å². The molecule has 4 aliphatic carbocycles. The summed E-state index contributed by atoms with van der Waals surface area (Å²) in [5.41, 5.74) is -2.30. The lowest BCUT2D eigenvalue weighted by Crippen LogP contribution is -2.59. The molecule has 0 bridgehead atoms.